The van der Waals surface area contributed by atoms with E-state index >= 15 is 0 Å². The minimum atomic E-state index is -3.73. The second-order valence-electron chi connectivity index (χ2n) is 8.05. The summed E-state index contributed by atoms with van der Waals surface area (Å²) >= 11 is 7.50. The fourth-order valence-corrected chi connectivity index (χ4v) is 6.75. The first kappa shape index (κ1) is 25.4. The van der Waals surface area contributed by atoms with Crippen LogP contribution in [-0.4, -0.2) is 51.4 Å². The van der Waals surface area contributed by atoms with E-state index in [9.17, 15) is 18.0 Å². The molecule has 1 amide bonds. The molecule has 8 nitrogen and oxygen atoms in total. The number of nitrogens with zero attached hydrogens (tertiary/aromatic N) is 1. The van der Waals surface area contributed by atoms with E-state index in [0.29, 0.717) is 35.8 Å². The molecule has 11 heteroatoms. The second kappa shape index (κ2) is 10.5. The van der Waals surface area contributed by atoms with Crippen LogP contribution in [0.25, 0.3) is 10.1 Å². The lowest BCUT2D eigenvalue weighted by Gasteiger charge is -2.30. The van der Waals surface area contributed by atoms with Crippen LogP contribution < -0.4 is 10.1 Å². The van der Waals surface area contributed by atoms with E-state index in [2.05, 4.69) is 5.32 Å². The lowest BCUT2D eigenvalue weighted by Crippen LogP contribution is -2.41. The number of benzene rings is 2. The van der Waals surface area contributed by atoms with Crippen LogP contribution in [0.1, 0.15) is 29.4 Å². The molecular weight excluding hydrogens is 512 g/mol. The van der Waals surface area contributed by atoms with Crippen LogP contribution in [0.5, 0.6) is 5.75 Å². The van der Waals surface area contributed by atoms with Crippen molar-refractivity contribution in [3.8, 4) is 5.75 Å². The number of nitrogens with one attached hydrogen (secondary N) is 1. The van der Waals surface area contributed by atoms with Crippen molar-refractivity contribution in [2.75, 3.05) is 32.1 Å². The average molecular weight is 537 g/mol. The molecule has 186 valence electrons. The van der Waals surface area contributed by atoms with E-state index in [1.54, 1.807) is 18.2 Å². The summed E-state index contributed by atoms with van der Waals surface area (Å²) in [5.74, 6) is -0.431. The van der Waals surface area contributed by atoms with Crippen molar-refractivity contribution in [2.24, 2.45) is 5.92 Å². The third kappa shape index (κ3) is 5.45. The van der Waals surface area contributed by atoms with Gasteiger partial charge in [0.25, 0.3) is 0 Å². The number of hydrogen-bond acceptors (Lipinski definition) is 7. The quantitative estimate of drug-likeness (QED) is 0.436. The Morgan fingerprint density at radius 1 is 1.14 bits per heavy atom. The maximum Gasteiger partial charge on any atom is 0.348 e. The fourth-order valence-electron chi connectivity index (χ4n) is 3.99. The number of methoxy groups -OCH3 is 1. The number of rotatable bonds is 7. The van der Waals surface area contributed by atoms with Crippen LogP contribution in [0.15, 0.2) is 47.4 Å². The van der Waals surface area contributed by atoms with Gasteiger partial charge in [0.15, 0.2) is 0 Å². The first-order valence-corrected chi connectivity index (χ1v) is 13.7. The largest absolute Gasteiger partial charge is 0.492 e. The maximum absolute atomic E-state index is 13.1. The second-order valence-corrected chi connectivity index (χ2v) is 11.5. The summed E-state index contributed by atoms with van der Waals surface area (Å²) in [6.45, 7) is 2.72. The number of anilines is 1. The summed E-state index contributed by atoms with van der Waals surface area (Å²) in [5.41, 5.74) is 0.621. The van der Waals surface area contributed by atoms with Crippen molar-refractivity contribution in [2.45, 2.75) is 24.7 Å². The van der Waals surface area contributed by atoms with Gasteiger partial charge in [-0.2, -0.15) is 4.31 Å². The van der Waals surface area contributed by atoms with E-state index in [-0.39, 0.29) is 34.8 Å². The van der Waals surface area contributed by atoms with Gasteiger partial charge in [-0.3, -0.25) is 4.79 Å². The molecule has 4 rings (SSSR count). The number of thiophene rings is 1. The minimum Gasteiger partial charge on any atom is -0.492 e. The van der Waals surface area contributed by atoms with Gasteiger partial charge >= 0.3 is 5.97 Å². The highest BCUT2D eigenvalue weighted by Crippen LogP contribution is 2.32. The molecule has 0 unspecified atom stereocenters. The Labute approximate surface area is 212 Å². The number of sulfonamides is 1. The summed E-state index contributed by atoms with van der Waals surface area (Å²) in [6, 6.07) is 11.6. The van der Waals surface area contributed by atoms with E-state index in [4.69, 9.17) is 21.1 Å². The predicted molar refractivity (Wildman–Crippen MR) is 136 cm³/mol. The highest BCUT2D eigenvalue weighted by atomic mass is 35.5. The molecule has 2 heterocycles. The first-order valence-electron chi connectivity index (χ1n) is 11.1. The molecule has 1 aromatic heterocycles. The molecule has 1 aliphatic rings. The van der Waals surface area contributed by atoms with Gasteiger partial charge in [0.2, 0.25) is 15.9 Å². The van der Waals surface area contributed by atoms with Crippen LogP contribution in [-0.2, 0) is 19.6 Å². The van der Waals surface area contributed by atoms with Gasteiger partial charge < -0.3 is 14.8 Å². The van der Waals surface area contributed by atoms with Crippen LogP contribution >= 0.6 is 22.9 Å². The third-order valence-electron chi connectivity index (χ3n) is 5.84. The van der Waals surface area contributed by atoms with Crippen LogP contribution in [0, 0.1) is 5.92 Å². The molecule has 0 spiro atoms. The summed E-state index contributed by atoms with van der Waals surface area (Å²) in [4.78, 5) is 25.2. The fraction of sp³-hybridized carbons (Fsp3) is 0.333. The van der Waals surface area contributed by atoms with Crippen molar-refractivity contribution in [3.63, 3.8) is 0 Å². The number of fused-ring (bicyclic) bond motifs is 1. The Morgan fingerprint density at radius 2 is 1.89 bits per heavy atom. The zero-order valence-electron chi connectivity index (χ0n) is 19.2. The molecule has 2 aromatic carbocycles. The van der Waals surface area contributed by atoms with Gasteiger partial charge in [-0.05, 0) is 67.6 Å². The van der Waals surface area contributed by atoms with Crippen LogP contribution in [0.2, 0.25) is 5.02 Å². The molecule has 3 aromatic rings. The van der Waals surface area contributed by atoms with Crippen LogP contribution in [0.3, 0.4) is 0 Å². The molecule has 1 saturated heterocycles. The molecule has 1 aliphatic heterocycles. The maximum atomic E-state index is 13.1. The Kier molecular flexibility index (Phi) is 7.65. The molecule has 0 atom stereocenters. The summed E-state index contributed by atoms with van der Waals surface area (Å²) in [6.07, 6.45) is 0.812. The highest BCUT2D eigenvalue weighted by molar-refractivity contribution is 7.89. The monoisotopic (exact) mass is 536 g/mol. The molecule has 0 saturated carbocycles. The SMILES string of the molecule is CCOc1ccc(S(=O)(=O)N2CCC(C(=O)Nc3ccc4sc(C(=O)OC)cc4c3)CC2)cc1Cl. The number of esters is 1. The lowest BCUT2D eigenvalue weighted by molar-refractivity contribution is -0.120. The summed E-state index contributed by atoms with van der Waals surface area (Å²) in [7, 11) is -2.40. The van der Waals surface area contributed by atoms with Gasteiger partial charge in [0.05, 0.1) is 23.6 Å². The van der Waals surface area contributed by atoms with E-state index in [0.717, 1.165) is 10.1 Å². The van der Waals surface area contributed by atoms with Crippen molar-refractivity contribution in [1.29, 1.82) is 0 Å². The van der Waals surface area contributed by atoms with Gasteiger partial charge in [-0.1, -0.05) is 11.6 Å². The standard InChI is InChI=1S/C24H25ClN2O6S2/c1-3-33-20-6-5-18(14-19(20)25)35(30,31)27-10-8-15(9-11-27)23(28)26-17-4-7-21-16(12-17)13-22(34-21)24(29)32-2/h4-7,12-15H,3,8-11H2,1-2H3,(H,26,28). The molecule has 0 radical (unpaired) electrons. The van der Waals surface area contributed by atoms with Gasteiger partial charge in [-0.25, -0.2) is 13.2 Å². The molecular formula is C24H25ClN2O6S2. The zero-order valence-corrected chi connectivity index (χ0v) is 21.6. The molecule has 0 aliphatic carbocycles. The number of carbonyl (C=O) groups is 2. The molecule has 1 N–H and O–H groups in total. The number of halogens is 1. The van der Waals surface area contributed by atoms with Gasteiger partial charge in [0.1, 0.15) is 10.6 Å². The molecule has 0 bridgehead atoms. The summed E-state index contributed by atoms with van der Waals surface area (Å²) in [5, 5.41) is 3.99. The van der Waals surface area contributed by atoms with Crippen LogP contribution in [0.4, 0.5) is 5.69 Å². The van der Waals surface area contributed by atoms with Crippen molar-refractivity contribution in [3.05, 3.63) is 52.4 Å². The third-order valence-corrected chi connectivity index (χ3v) is 9.12. The Balaban J connectivity index is 1.39. The normalized spacial score (nSPS) is 15.2. The van der Waals surface area contributed by atoms with E-state index < -0.39 is 16.0 Å². The van der Waals surface area contributed by atoms with Crippen molar-refractivity contribution in [1.82, 2.24) is 4.31 Å². The number of piperidine rings is 1. The van der Waals surface area contributed by atoms with Gasteiger partial charge in [-0.15, -0.1) is 11.3 Å². The predicted octanol–water partition coefficient (Wildman–Crippen LogP) is 4.78. The number of ether oxygens (including phenoxy) is 2. The number of amides is 1. The molecule has 35 heavy (non-hydrogen) atoms. The van der Waals surface area contributed by atoms with Crippen molar-refractivity contribution >= 4 is 60.6 Å². The average Bonchev–Trinajstić information content (AvgIpc) is 3.28. The number of hydrogen-bond donors (Lipinski definition) is 1. The van der Waals surface area contributed by atoms with Gasteiger partial charge in [0, 0.05) is 29.4 Å². The van der Waals surface area contributed by atoms with E-state index in [1.165, 1.54) is 34.9 Å². The Hall–Kier alpha value is -2.66. The first-order chi connectivity index (χ1) is 16.7. The minimum absolute atomic E-state index is 0.101. The topological polar surface area (TPSA) is 102 Å². The molecule has 1 fully saturated rings. The van der Waals surface area contributed by atoms with E-state index in [1.807, 2.05) is 19.1 Å². The Morgan fingerprint density at radius 3 is 2.54 bits per heavy atom. The van der Waals surface area contributed by atoms with Crippen molar-refractivity contribution < 1.29 is 27.5 Å². The number of carbonyl (C=O) groups excluding carboxylic acids is 2. The zero-order chi connectivity index (χ0) is 25.2. The summed E-state index contributed by atoms with van der Waals surface area (Å²) < 4.78 is 38.6. The lowest BCUT2D eigenvalue weighted by atomic mass is 9.97. The Bertz CT molecular complexity index is 1360. The smallest absolute Gasteiger partial charge is 0.348 e. The highest BCUT2D eigenvalue weighted by Gasteiger charge is 2.32.